The van der Waals surface area contributed by atoms with Gasteiger partial charge in [0.1, 0.15) is 11.2 Å². The summed E-state index contributed by atoms with van der Waals surface area (Å²) in [5, 5.41) is 7.75. The fourth-order valence-corrected chi connectivity index (χ4v) is 7.13. The summed E-state index contributed by atoms with van der Waals surface area (Å²) in [5.74, 6) is 0. The van der Waals surface area contributed by atoms with Crippen molar-refractivity contribution in [2.24, 2.45) is 0 Å². The zero-order valence-electron chi connectivity index (χ0n) is 19.5. The molecule has 0 N–H and O–H groups in total. The molecule has 1 aliphatic rings. The van der Waals surface area contributed by atoms with Gasteiger partial charge in [-0.2, -0.15) is 0 Å². The molecule has 0 spiro atoms. The van der Waals surface area contributed by atoms with E-state index in [-0.39, 0.29) is 5.41 Å². The highest BCUT2D eigenvalue weighted by atomic mass is 16.3. The maximum Gasteiger partial charge on any atom is 0.136 e. The van der Waals surface area contributed by atoms with E-state index >= 15 is 0 Å². The molecule has 0 amide bonds. The number of hydrogen-bond donors (Lipinski definition) is 0. The van der Waals surface area contributed by atoms with Crippen LogP contribution in [0.2, 0.25) is 0 Å². The van der Waals surface area contributed by atoms with E-state index in [0.29, 0.717) is 0 Å². The molecule has 0 aliphatic heterocycles. The molecule has 3 heterocycles. The number of para-hydroxylation sites is 2. The normalized spacial score (nSPS) is 14.8. The molecule has 2 nitrogen and oxygen atoms in total. The minimum Gasteiger partial charge on any atom is -0.456 e. The lowest BCUT2D eigenvalue weighted by molar-refractivity contribution is 0.666. The maximum absolute atomic E-state index is 6.31. The van der Waals surface area contributed by atoms with Crippen LogP contribution in [0, 0.1) is 0 Å². The van der Waals surface area contributed by atoms with Gasteiger partial charge in [0.15, 0.2) is 0 Å². The summed E-state index contributed by atoms with van der Waals surface area (Å²) in [6.07, 6.45) is 0. The van der Waals surface area contributed by atoms with Crippen molar-refractivity contribution in [3.8, 4) is 11.1 Å². The summed E-state index contributed by atoms with van der Waals surface area (Å²) in [4.78, 5) is 0. The van der Waals surface area contributed by atoms with Crippen molar-refractivity contribution < 1.29 is 4.42 Å². The minimum absolute atomic E-state index is 0.0636. The average molecular weight is 448 g/mol. The van der Waals surface area contributed by atoms with Crippen LogP contribution in [0.3, 0.4) is 0 Å². The van der Waals surface area contributed by atoms with Crippen molar-refractivity contribution in [3.05, 3.63) is 102 Å². The Morgan fingerprint density at radius 1 is 0.600 bits per heavy atom. The third-order valence-corrected chi connectivity index (χ3v) is 8.49. The van der Waals surface area contributed by atoms with Gasteiger partial charge in [0.25, 0.3) is 0 Å². The predicted octanol–water partition coefficient (Wildman–Crippen LogP) is 9.04. The smallest absolute Gasteiger partial charge is 0.136 e. The van der Waals surface area contributed by atoms with Crippen molar-refractivity contribution in [2.75, 3.05) is 0 Å². The van der Waals surface area contributed by atoms with Crippen molar-refractivity contribution in [1.29, 1.82) is 0 Å². The van der Waals surface area contributed by atoms with Crippen LogP contribution in [-0.2, 0) is 5.41 Å². The van der Waals surface area contributed by atoms with Gasteiger partial charge >= 0.3 is 0 Å². The molecule has 35 heavy (non-hydrogen) atoms. The van der Waals surface area contributed by atoms with Gasteiger partial charge < -0.3 is 8.82 Å². The van der Waals surface area contributed by atoms with Crippen LogP contribution in [0.1, 0.15) is 25.0 Å². The molecule has 5 aromatic carbocycles. The largest absolute Gasteiger partial charge is 0.456 e. The van der Waals surface area contributed by atoms with Crippen LogP contribution < -0.4 is 0 Å². The van der Waals surface area contributed by atoms with Gasteiger partial charge in [0.05, 0.1) is 16.6 Å². The molecule has 2 heteroatoms. The summed E-state index contributed by atoms with van der Waals surface area (Å²) < 4.78 is 8.81. The third kappa shape index (κ3) is 1.89. The van der Waals surface area contributed by atoms with E-state index in [1.54, 1.807) is 0 Å². The highest BCUT2D eigenvalue weighted by Crippen LogP contribution is 2.56. The van der Waals surface area contributed by atoms with Gasteiger partial charge in [0.2, 0.25) is 0 Å². The molecular weight excluding hydrogens is 426 g/mol. The lowest BCUT2D eigenvalue weighted by atomic mass is 9.80. The van der Waals surface area contributed by atoms with Gasteiger partial charge in [0, 0.05) is 37.7 Å². The van der Waals surface area contributed by atoms with Gasteiger partial charge in [-0.25, -0.2) is 0 Å². The predicted molar refractivity (Wildman–Crippen MR) is 146 cm³/mol. The number of aromatic nitrogens is 1. The Hall–Kier alpha value is -4.30. The lowest BCUT2D eigenvalue weighted by Gasteiger charge is -2.22. The topological polar surface area (TPSA) is 17.6 Å². The van der Waals surface area contributed by atoms with Crippen LogP contribution >= 0.6 is 0 Å². The van der Waals surface area contributed by atoms with Crippen molar-refractivity contribution in [2.45, 2.75) is 19.3 Å². The van der Waals surface area contributed by atoms with E-state index in [1.807, 2.05) is 0 Å². The monoisotopic (exact) mass is 447 g/mol. The molecule has 0 bridgehead atoms. The summed E-state index contributed by atoms with van der Waals surface area (Å²) in [7, 11) is 0. The Morgan fingerprint density at radius 3 is 2.29 bits per heavy atom. The number of fused-ring (bicyclic) bond motifs is 14. The Balaban J connectivity index is 1.65. The number of hydrogen-bond acceptors (Lipinski definition) is 1. The van der Waals surface area contributed by atoms with E-state index in [0.717, 1.165) is 11.2 Å². The lowest BCUT2D eigenvalue weighted by Crippen LogP contribution is -2.15. The van der Waals surface area contributed by atoms with Crippen LogP contribution in [0.25, 0.3) is 71.2 Å². The number of rotatable bonds is 0. The molecule has 0 fully saturated rings. The molecule has 0 saturated heterocycles. The summed E-state index contributed by atoms with van der Waals surface area (Å²) in [6.45, 7) is 4.77. The minimum atomic E-state index is -0.0636. The van der Waals surface area contributed by atoms with Crippen LogP contribution in [0.15, 0.2) is 95.4 Å². The Bertz CT molecular complexity index is 2190. The van der Waals surface area contributed by atoms with Gasteiger partial charge in [-0.05, 0) is 52.6 Å². The van der Waals surface area contributed by atoms with Gasteiger partial charge in [-0.15, -0.1) is 0 Å². The van der Waals surface area contributed by atoms with Crippen LogP contribution in [-0.4, -0.2) is 4.40 Å². The summed E-state index contributed by atoms with van der Waals surface area (Å²) in [5.41, 5.74) is 11.3. The molecular formula is C33H21NO. The van der Waals surface area contributed by atoms with E-state index in [1.165, 1.54) is 71.1 Å². The molecule has 0 unspecified atom stereocenters. The van der Waals surface area contributed by atoms with Crippen LogP contribution in [0.4, 0.5) is 0 Å². The molecule has 164 valence electrons. The molecule has 9 rings (SSSR count). The highest BCUT2D eigenvalue weighted by molar-refractivity contribution is 6.33. The highest BCUT2D eigenvalue weighted by Gasteiger charge is 2.39. The zero-order chi connectivity index (χ0) is 23.1. The Kier molecular flexibility index (Phi) is 2.93. The third-order valence-electron chi connectivity index (χ3n) is 8.49. The second-order valence-corrected chi connectivity index (χ2v) is 10.5. The van der Waals surface area contributed by atoms with Gasteiger partial charge in [-0.3, -0.25) is 0 Å². The van der Waals surface area contributed by atoms with Crippen molar-refractivity contribution in [1.82, 2.24) is 4.40 Å². The first-order valence-electron chi connectivity index (χ1n) is 12.3. The second-order valence-electron chi connectivity index (χ2n) is 10.5. The molecule has 3 aromatic heterocycles. The van der Waals surface area contributed by atoms with Crippen molar-refractivity contribution in [3.63, 3.8) is 0 Å². The quantitative estimate of drug-likeness (QED) is 0.227. The van der Waals surface area contributed by atoms with E-state index < -0.39 is 0 Å². The summed E-state index contributed by atoms with van der Waals surface area (Å²) in [6, 6.07) is 33.1. The van der Waals surface area contributed by atoms with Crippen LogP contribution in [0.5, 0.6) is 0 Å². The molecule has 0 radical (unpaired) electrons. The summed E-state index contributed by atoms with van der Waals surface area (Å²) >= 11 is 0. The first kappa shape index (κ1) is 18.1. The Morgan fingerprint density at radius 2 is 1.37 bits per heavy atom. The van der Waals surface area contributed by atoms with Gasteiger partial charge in [-0.1, -0.05) is 74.5 Å². The molecule has 8 aromatic rings. The van der Waals surface area contributed by atoms with E-state index in [4.69, 9.17) is 4.42 Å². The molecule has 0 saturated carbocycles. The fourth-order valence-electron chi connectivity index (χ4n) is 7.13. The number of nitrogens with zero attached hydrogens (tertiary/aromatic N) is 1. The average Bonchev–Trinajstić information content (AvgIpc) is 3.58. The maximum atomic E-state index is 6.31. The fraction of sp³-hybridized carbons (Fsp3) is 0.0909. The second kappa shape index (κ2) is 5.67. The Labute approximate surface area is 201 Å². The zero-order valence-corrected chi connectivity index (χ0v) is 19.5. The van der Waals surface area contributed by atoms with E-state index in [2.05, 4.69) is 109 Å². The standard InChI is InChI=1S/C33H21NO/c1-33(2)23-12-6-3-9-18(23)21-17-22-28-25(15-16-27-29(28)20-11-5-8-14-26(20)35-27)34-24-13-7-4-10-19(24)30(31(21)33)32(22)34/h3-17H,1-2H3. The SMILES string of the molecule is CC1(C)c2ccccc2-c2cc3c4c5c(ccc4n4c6ccccc6c(c21)c34)oc1ccccc15. The van der Waals surface area contributed by atoms with E-state index in [9.17, 15) is 0 Å². The molecule has 0 atom stereocenters. The number of furan rings is 1. The first-order valence-corrected chi connectivity index (χ1v) is 12.3. The molecule has 1 aliphatic carbocycles. The van der Waals surface area contributed by atoms with Crippen molar-refractivity contribution >= 4 is 60.0 Å². The number of benzene rings is 5. The first-order chi connectivity index (χ1) is 17.1.